The van der Waals surface area contributed by atoms with E-state index in [0.717, 1.165) is 0 Å². The third-order valence-electron chi connectivity index (χ3n) is 3.14. The highest BCUT2D eigenvalue weighted by Gasteiger charge is 2.19. The van der Waals surface area contributed by atoms with Crippen molar-refractivity contribution in [1.29, 1.82) is 0 Å². The molecule has 6 nitrogen and oxygen atoms in total. The number of nitrogens with one attached hydrogen (secondary N) is 1. The van der Waals surface area contributed by atoms with Crippen LogP contribution in [-0.2, 0) is 17.1 Å². The quantitative estimate of drug-likeness (QED) is 0.750. The lowest BCUT2D eigenvalue weighted by Gasteiger charge is -2.13. The summed E-state index contributed by atoms with van der Waals surface area (Å²) in [6, 6.07) is 13.7. The lowest BCUT2D eigenvalue weighted by atomic mass is 10.3. The van der Waals surface area contributed by atoms with Crippen molar-refractivity contribution in [3.05, 3.63) is 66.1 Å². The van der Waals surface area contributed by atoms with Gasteiger partial charge in [0.25, 0.3) is 10.0 Å². The fourth-order valence-corrected chi connectivity index (χ4v) is 3.24. The topological polar surface area (TPSA) is 73.2 Å². The molecule has 1 N–H and O–H groups in total. The Balaban J connectivity index is 1.91. The van der Waals surface area contributed by atoms with Gasteiger partial charge in [-0.05, 0) is 24.3 Å². The van der Waals surface area contributed by atoms with Gasteiger partial charge in [0.1, 0.15) is 5.75 Å². The Morgan fingerprint density at radius 2 is 1.75 bits per heavy atom. The van der Waals surface area contributed by atoms with Crippen molar-refractivity contribution in [1.82, 2.24) is 9.55 Å². The molecule has 0 amide bonds. The first-order chi connectivity index (χ1) is 11.5. The minimum Gasteiger partial charge on any atom is -0.454 e. The zero-order valence-electron chi connectivity index (χ0n) is 12.7. The summed E-state index contributed by atoms with van der Waals surface area (Å²) in [5, 5.41) is 0.359. The van der Waals surface area contributed by atoms with Gasteiger partial charge in [0, 0.05) is 13.2 Å². The van der Waals surface area contributed by atoms with E-state index in [-0.39, 0.29) is 5.03 Å². The molecule has 0 fully saturated rings. The molecular formula is C16H14ClN3O3S. The van der Waals surface area contributed by atoms with Crippen LogP contribution in [0.15, 0.2) is 66.1 Å². The average molecular weight is 364 g/mol. The van der Waals surface area contributed by atoms with Crippen LogP contribution in [0.4, 0.5) is 5.69 Å². The second-order valence-electron chi connectivity index (χ2n) is 5.01. The summed E-state index contributed by atoms with van der Waals surface area (Å²) in [6.07, 6.45) is 2.83. The molecule has 1 heterocycles. The van der Waals surface area contributed by atoms with Gasteiger partial charge in [0.05, 0.1) is 17.0 Å². The molecule has 0 aliphatic heterocycles. The maximum Gasteiger partial charge on any atom is 0.281 e. The Morgan fingerprint density at radius 1 is 1.08 bits per heavy atom. The van der Waals surface area contributed by atoms with Gasteiger partial charge >= 0.3 is 0 Å². The van der Waals surface area contributed by atoms with Crippen molar-refractivity contribution in [2.45, 2.75) is 5.03 Å². The molecule has 0 atom stereocenters. The Morgan fingerprint density at radius 3 is 2.42 bits per heavy atom. The normalized spacial score (nSPS) is 11.2. The first-order valence-corrected chi connectivity index (χ1v) is 8.84. The van der Waals surface area contributed by atoms with E-state index in [1.807, 2.05) is 0 Å². The largest absolute Gasteiger partial charge is 0.454 e. The van der Waals surface area contributed by atoms with Gasteiger partial charge < -0.3 is 9.30 Å². The minimum atomic E-state index is -3.81. The number of aryl methyl sites for hydroxylation is 1. The number of nitrogens with zero attached hydrogens (tertiary/aromatic N) is 2. The van der Waals surface area contributed by atoms with Crippen LogP contribution in [-0.4, -0.2) is 18.0 Å². The summed E-state index contributed by atoms with van der Waals surface area (Å²) in [7, 11) is -2.12. The molecule has 2 aromatic carbocycles. The number of ether oxygens (including phenoxy) is 1. The molecule has 0 aliphatic rings. The van der Waals surface area contributed by atoms with E-state index < -0.39 is 10.0 Å². The van der Waals surface area contributed by atoms with E-state index in [2.05, 4.69) is 9.71 Å². The van der Waals surface area contributed by atoms with Gasteiger partial charge in [0.15, 0.2) is 10.8 Å². The maximum absolute atomic E-state index is 12.4. The van der Waals surface area contributed by atoms with Crippen LogP contribution in [0.3, 0.4) is 0 Å². The monoisotopic (exact) mass is 363 g/mol. The standard InChI is InChI=1S/C16H14ClN3O3S/c1-20-10-16(18-11-20)24(21,22)19-13-7-3-5-9-15(13)23-14-8-4-2-6-12(14)17/h2-11,19H,1H3. The number of anilines is 1. The number of benzene rings is 2. The van der Waals surface area contributed by atoms with Crippen molar-refractivity contribution < 1.29 is 13.2 Å². The molecule has 0 radical (unpaired) electrons. The van der Waals surface area contributed by atoms with Crippen LogP contribution in [0.25, 0.3) is 0 Å². The van der Waals surface area contributed by atoms with Gasteiger partial charge in [-0.15, -0.1) is 0 Å². The van der Waals surface area contributed by atoms with Crippen molar-refractivity contribution in [3.8, 4) is 11.5 Å². The highest BCUT2D eigenvalue weighted by molar-refractivity contribution is 7.92. The Labute approximate surface area is 144 Å². The van der Waals surface area contributed by atoms with Crippen molar-refractivity contribution >= 4 is 27.3 Å². The third-order valence-corrected chi connectivity index (χ3v) is 4.71. The van der Waals surface area contributed by atoms with Crippen molar-refractivity contribution in [2.75, 3.05) is 4.72 Å². The number of aromatic nitrogens is 2. The molecule has 0 saturated carbocycles. The van der Waals surface area contributed by atoms with Crippen LogP contribution >= 0.6 is 11.6 Å². The van der Waals surface area contributed by atoms with E-state index >= 15 is 0 Å². The molecule has 3 rings (SSSR count). The summed E-state index contributed by atoms with van der Waals surface area (Å²) in [4.78, 5) is 3.86. The van der Waals surface area contributed by atoms with Gasteiger partial charge in [-0.2, -0.15) is 8.42 Å². The summed E-state index contributed by atoms with van der Waals surface area (Å²) >= 11 is 6.08. The summed E-state index contributed by atoms with van der Waals surface area (Å²) in [5.41, 5.74) is 0.295. The molecule has 0 saturated heterocycles. The first kappa shape index (κ1) is 16.4. The van der Waals surface area contributed by atoms with Crippen LogP contribution in [0.5, 0.6) is 11.5 Å². The van der Waals surface area contributed by atoms with Gasteiger partial charge in [-0.3, -0.25) is 4.72 Å². The van der Waals surface area contributed by atoms with E-state index in [4.69, 9.17) is 16.3 Å². The lowest BCUT2D eigenvalue weighted by molar-refractivity contribution is 0.485. The second-order valence-corrected chi connectivity index (χ2v) is 7.05. The Kier molecular flexibility index (Phi) is 4.46. The zero-order valence-corrected chi connectivity index (χ0v) is 14.3. The molecule has 124 valence electrons. The van der Waals surface area contributed by atoms with E-state index in [9.17, 15) is 8.42 Å². The van der Waals surface area contributed by atoms with Crippen molar-refractivity contribution in [3.63, 3.8) is 0 Å². The van der Waals surface area contributed by atoms with Crippen molar-refractivity contribution in [2.24, 2.45) is 7.05 Å². The number of imidazole rings is 1. The number of halogens is 1. The fraction of sp³-hybridized carbons (Fsp3) is 0.0625. The fourth-order valence-electron chi connectivity index (χ4n) is 2.01. The predicted octanol–water partition coefficient (Wildman–Crippen LogP) is 3.67. The predicted molar refractivity (Wildman–Crippen MR) is 92.0 cm³/mol. The van der Waals surface area contributed by atoms with Crippen LogP contribution in [0, 0.1) is 0 Å². The summed E-state index contributed by atoms with van der Waals surface area (Å²) < 4.78 is 34.6. The molecule has 8 heteroatoms. The Hall–Kier alpha value is -2.51. The number of hydrogen-bond acceptors (Lipinski definition) is 4. The number of sulfonamides is 1. The highest BCUT2D eigenvalue weighted by atomic mass is 35.5. The highest BCUT2D eigenvalue weighted by Crippen LogP contribution is 2.34. The molecule has 0 aliphatic carbocycles. The third kappa shape index (κ3) is 3.52. The molecule has 0 unspecified atom stereocenters. The van der Waals surface area contributed by atoms with E-state index in [1.54, 1.807) is 60.1 Å². The van der Waals surface area contributed by atoms with Crippen LogP contribution in [0.2, 0.25) is 5.02 Å². The van der Waals surface area contributed by atoms with Crippen LogP contribution in [0.1, 0.15) is 0 Å². The lowest BCUT2D eigenvalue weighted by Crippen LogP contribution is -2.14. The summed E-state index contributed by atoms with van der Waals surface area (Å²) in [6.45, 7) is 0. The molecular weight excluding hydrogens is 350 g/mol. The average Bonchev–Trinajstić information content (AvgIpc) is 2.99. The number of rotatable bonds is 5. The molecule has 0 bridgehead atoms. The number of para-hydroxylation sites is 3. The van der Waals surface area contributed by atoms with Crippen LogP contribution < -0.4 is 9.46 Å². The molecule has 3 aromatic rings. The van der Waals surface area contributed by atoms with E-state index in [0.29, 0.717) is 22.2 Å². The molecule has 24 heavy (non-hydrogen) atoms. The maximum atomic E-state index is 12.4. The zero-order chi connectivity index (χ0) is 17.2. The smallest absolute Gasteiger partial charge is 0.281 e. The summed E-state index contributed by atoms with van der Waals surface area (Å²) in [5.74, 6) is 0.772. The number of hydrogen-bond donors (Lipinski definition) is 1. The molecule has 1 aromatic heterocycles. The first-order valence-electron chi connectivity index (χ1n) is 6.98. The minimum absolute atomic E-state index is 0.0717. The van der Waals surface area contributed by atoms with Gasteiger partial charge in [-0.25, -0.2) is 4.98 Å². The molecule has 0 spiro atoms. The SMILES string of the molecule is Cn1cnc(S(=O)(=O)Nc2ccccc2Oc2ccccc2Cl)c1. The van der Waals surface area contributed by atoms with Gasteiger partial charge in [0.2, 0.25) is 0 Å². The second kappa shape index (κ2) is 6.54. The van der Waals surface area contributed by atoms with Gasteiger partial charge in [-0.1, -0.05) is 35.9 Å². The Bertz CT molecular complexity index is 970. The van der Waals surface area contributed by atoms with E-state index in [1.165, 1.54) is 12.5 Å².